The molecule has 2 saturated carbocycles. The van der Waals surface area contributed by atoms with Crippen molar-refractivity contribution in [1.82, 2.24) is 15.3 Å². The number of nitrogens with one attached hydrogen (secondary N) is 2. The quantitative estimate of drug-likeness (QED) is 0.874. The largest absolute Gasteiger partial charge is 0.371 e. The van der Waals surface area contributed by atoms with Gasteiger partial charge in [-0.15, -0.1) is 0 Å². The first-order chi connectivity index (χ1) is 12.2. The highest BCUT2D eigenvalue weighted by Gasteiger charge is 2.52. The molecular weight excluding hydrogens is 318 g/mol. The van der Waals surface area contributed by atoms with Gasteiger partial charge >= 0.3 is 6.03 Å². The van der Waals surface area contributed by atoms with Crippen LogP contribution in [0.5, 0.6) is 0 Å². The number of morpholine rings is 1. The van der Waals surface area contributed by atoms with E-state index in [0.29, 0.717) is 29.9 Å². The van der Waals surface area contributed by atoms with Gasteiger partial charge in [-0.25, -0.2) is 14.8 Å². The molecule has 7 heteroatoms. The van der Waals surface area contributed by atoms with Gasteiger partial charge in [0.25, 0.3) is 0 Å². The topological polar surface area (TPSA) is 79.4 Å². The van der Waals surface area contributed by atoms with Crippen molar-refractivity contribution >= 4 is 17.7 Å². The summed E-state index contributed by atoms with van der Waals surface area (Å²) in [4.78, 5) is 23.1. The van der Waals surface area contributed by atoms with Crippen molar-refractivity contribution < 1.29 is 9.53 Å². The molecular formula is C18H25N5O2. The standard InChI is InChI=1S/C18H25N5O2/c1-10-4-14(10)15-5-16(15)22-18(24)21-11-6-19-17(20-7-11)23-8-12-2-3-13(9-23)25-12/h6-7,10,12-16H,2-5,8-9H2,1H3,(H2,21,22,24)/t10-,12?,13?,14-,15+,16-/m1/s1. The molecule has 2 aliphatic heterocycles. The zero-order chi connectivity index (χ0) is 17.0. The Labute approximate surface area is 147 Å². The van der Waals surface area contributed by atoms with Crippen molar-refractivity contribution in [3.63, 3.8) is 0 Å². The van der Waals surface area contributed by atoms with Crippen LogP contribution in [0.4, 0.5) is 16.4 Å². The molecule has 1 aromatic rings. The van der Waals surface area contributed by atoms with Crippen LogP contribution < -0.4 is 15.5 Å². The van der Waals surface area contributed by atoms with Gasteiger partial charge in [0.1, 0.15) is 0 Å². The number of fused-ring (bicyclic) bond motifs is 2. The third-order valence-corrected chi connectivity index (χ3v) is 6.10. The number of aromatic nitrogens is 2. The number of carbonyl (C=O) groups excluding carboxylic acids is 1. The smallest absolute Gasteiger partial charge is 0.319 e. The molecule has 134 valence electrons. The second-order valence-electron chi connectivity index (χ2n) is 8.12. The van der Waals surface area contributed by atoms with Crippen LogP contribution in [0.2, 0.25) is 0 Å². The minimum atomic E-state index is -0.151. The summed E-state index contributed by atoms with van der Waals surface area (Å²) in [5.74, 6) is 3.08. The fourth-order valence-electron chi connectivity index (χ4n) is 4.46. The van der Waals surface area contributed by atoms with Crippen LogP contribution in [-0.2, 0) is 4.74 Å². The number of urea groups is 1. The summed E-state index contributed by atoms with van der Waals surface area (Å²) < 4.78 is 5.84. The molecule has 2 amide bonds. The van der Waals surface area contributed by atoms with Gasteiger partial charge in [-0.2, -0.15) is 0 Å². The minimum Gasteiger partial charge on any atom is -0.371 e. The Morgan fingerprint density at radius 1 is 1.16 bits per heavy atom. The average Bonchev–Trinajstić information content (AvgIpc) is 3.49. The molecule has 3 heterocycles. The number of rotatable bonds is 4. The summed E-state index contributed by atoms with van der Waals surface area (Å²) in [6.45, 7) is 4.00. The molecule has 4 fully saturated rings. The number of ether oxygens (including phenoxy) is 1. The number of nitrogens with zero attached hydrogens (tertiary/aromatic N) is 3. The van der Waals surface area contributed by atoms with E-state index in [2.05, 4.69) is 32.4 Å². The predicted octanol–water partition coefficient (Wildman–Crippen LogP) is 2.01. The van der Waals surface area contributed by atoms with E-state index in [0.717, 1.165) is 50.1 Å². The first-order valence-corrected chi connectivity index (χ1v) is 9.45. The van der Waals surface area contributed by atoms with Crippen LogP contribution in [0.15, 0.2) is 12.4 Å². The molecule has 2 bridgehead atoms. The minimum absolute atomic E-state index is 0.151. The molecule has 5 rings (SSSR count). The van der Waals surface area contributed by atoms with Gasteiger partial charge in [0, 0.05) is 19.1 Å². The number of carbonyl (C=O) groups is 1. The van der Waals surface area contributed by atoms with E-state index in [1.165, 1.54) is 6.42 Å². The van der Waals surface area contributed by atoms with Crippen LogP contribution in [0.3, 0.4) is 0 Å². The van der Waals surface area contributed by atoms with Crippen LogP contribution in [-0.4, -0.2) is 47.3 Å². The van der Waals surface area contributed by atoms with Gasteiger partial charge in [0.15, 0.2) is 0 Å². The Kier molecular flexibility index (Phi) is 3.58. The van der Waals surface area contributed by atoms with Crippen molar-refractivity contribution in [1.29, 1.82) is 0 Å². The molecule has 0 spiro atoms. The fraction of sp³-hybridized carbons (Fsp3) is 0.722. The molecule has 2 saturated heterocycles. The highest BCUT2D eigenvalue weighted by Crippen LogP contribution is 2.54. The van der Waals surface area contributed by atoms with Crippen molar-refractivity contribution in [3.8, 4) is 0 Å². The lowest BCUT2D eigenvalue weighted by Crippen LogP contribution is -2.43. The first-order valence-electron chi connectivity index (χ1n) is 9.45. The van der Waals surface area contributed by atoms with E-state index in [4.69, 9.17) is 4.74 Å². The zero-order valence-corrected chi connectivity index (χ0v) is 14.5. The van der Waals surface area contributed by atoms with Gasteiger partial charge in [-0.3, -0.25) is 0 Å². The lowest BCUT2D eigenvalue weighted by molar-refractivity contribution is 0.0299. The molecule has 2 unspecified atom stereocenters. The molecule has 0 radical (unpaired) electrons. The summed E-state index contributed by atoms with van der Waals surface area (Å²) in [7, 11) is 0. The summed E-state index contributed by atoms with van der Waals surface area (Å²) >= 11 is 0. The molecule has 1 aromatic heterocycles. The Hall–Kier alpha value is -1.89. The summed E-state index contributed by atoms with van der Waals surface area (Å²) in [5, 5.41) is 5.91. The van der Waals surface area contributed by atoms with Crippen LogP contribution in [0, 0.1) is 17.8 Å². The van der Waals surface area contributed by atoms with Gasteiger partial charge < -0.3 is 20.3 Å². The highest BCUT2D eigenvalue weighted by molar-refractivity contribution is 5.89. The van der Waals surface area contributed by atoms with E-state index < -0.39 is 0 Å². The van der Waals surface area contributed by atoms with Crippen LogP contribution in [0.1, 0.15) is 32.6 Å². The molecule has 7 nitrogen and oxygen atoms in total. The van der Waals surface area contributed by atoms with Gasteiger partial charge in [0.05, 0.1) is 30.3 Å². The van der Waals surface area contributed by atoms with Crippen LogP contribution >= 0.6 is 0 Å². The van der Waals surface area contributed by atoms with E-state index >= 15 is 0 Å². The maximum Gasteiger partial charge on any atom is 0.319 e. The fourth-order valence-corrected chi connectivity index (χ4v) is 4.46. The lowest BCUT2D eigenvalue weighted by Gasteiger charge is -2.32. The normalized spacial score (nSPS) is 38.4. The second-order valence-corrected chi connectivity index (χ2v) is 8.12. The van der Waals surface area contributed by atoms with E-state index in [9.17, 15) is 4.79 Å². The summed E-state index contributed by atoms with van der Waals surface area (Å²) in [6, 6.07) is 0.195. The van der Waals surface area contributed by atoms with Crippen LogP contribution in [0.25, 0.3) is 0 Å². The average molecular weight is 343 g/mol. The molecule has 2 aliphatic carbocycles. The Morgan fingerprint density at radius 3 is 2.48 bits per heavy atom. The number of hydrogen-bond donors (Lipinski definition) is 2. The molecule has 6 atom stereocenters. The zero-order valence-electron chi connectivity index (χ0n) is 14.5. The molecule has 2 N–H and O–H groups in total. The lowest BCUT2D eigenvalue weighted by atomic mass is 10.2. The third kappa shape index (κ3) is 3.17. The number of hydrogen-bond acceptors (Lipinski definition) is 5. The number of amides is 2. The van der Waals surface area contributed by atoms with E-state index in [-0.39, 0.29) is 6.03 Å². The van der Waals surface area contributed by atoms with E-state index in [1.54, 1.807) is 12.4 Å². The summed E-state index contributed by atoms with van der Waals surface area (Å²) in [5.41, 5.74) is 0.634. The van der Waals surface area contributed by atoms with Crippen molar-refractivity contribution in [2.45, 2.75) is 50.9 Å². The van der Waals surface area contributed by atoms with Crippen molar-refractivity contribution in [2.24, 2.45) is 17.8 Å². The van der Waals surface area contributed by atoms with Crippen molar-refractivity contribution in [3.05, 3.63) is 12.4 Å². The maximum absolute atomic E-state index is 12.1. The van der Waals surface area contributed by atoms with Gasteiger partial charge in [0.2, 0.25) is 5.95 Å². The molecule has 25 heavy (non-hydrogen) atoms. The Bertz CT molecular complexity index is 654. The van der Waals surface area contributed by atoms with Gasteiger partial charge in [-0.05, 0) is 43.4 Å². The van der Waals surface area contributed by atoms with Gasteiger partial charge in [-0.1, -0.05) is 6.92 Å². The SMILES string of the molecule is C[C@@H]1C[C@H]1[C@@H]1C[C@H]1NC(=O)Nc1cnc(N2CC3CCC(C2)O3)nc1. The maximum atomic E-state index is 12.1. The van der Waals surface area contributed by atoms with E-state index in [1.807, 2.05) is 0 Å². The summed E-state index contributed by atoms with van der Waals surface area (Å²) in [6.07, 6.45) is 8.70. The molecule has 0 aromatic carbocycles. The molecule has 4 aliphatic rings. The predicted molar refractivity (Wildman–Crippen MR) is 93.5 cm³/mol. The second kappa shape index (κ2) is 5.83. The highest BCUT2D eigenvalue weighted by atomic mass is 16.5. The Balaban J connectivity index is 1.13. The third-order valence-electron chi connectivity index (χ3n) is 6.10. The number of anilines is 2. The first kappa shape index (κ1) is 15.4. The van der Waals surface area contributed by atoms with Crippen molar-refractivity contribution in [2.75, 3.05) is 23.3 Å². The monoisotopic (exact) mass is 343 g/mol. The Morgan fingerprint density at radius 2 is 1.84 bits per heavy atom.